The Hall–Kier alpha value is -0.570. The van der Waals surface area contributed by atoms with Gasteiger partial charge in [-0.25, -0.2) is 0 Å². The van der Waals surface area contributed by atoms with Crippen molar-refractivity contribution in [3.8, 4) is 0 Å². The summed E-state index contributed by atoms with van der Waals surface area (Å²) < 4.78 is 0. The van der Waals surface area contributed by atoms with Crippen molar-refractivity contribution in [2.24, 2.45) is 0 Å². The minimum Gasteiger partial charge on any atom is -0.312 e. The molecule has 0 radical (unpaired) electrons. The van der Waals surface area contributed by atoms with Crippen molar-refractivity contribution in [2.75, 3.05) is 19.6 Å². The minimum absolute atomic E-state index is 0.474. The number of rotatable bonds is 2. The molecule has 16 heavy (non-hydrogen) atoms. The van der Waals surface area contributed by atoms with Crippen LogP contribution < -0.4 is 5.32 Å². The van der Waals surface area contributed by atoms with E-state index in [4.69, 9.17) is 11.6 Å². The van der Waals surface area contributed by atoms with Crippen LogP contribution in [0.15, 0.2) is 24.3 Å². The predicted octanol–water partition coefficient (Wildman–Crippen LogP) is 2.69. The summed E-state index contributed by atoms with van der Waals surface area (Å²) in [6.07, 6.45) is 0. The van der Waals surface area contributed by atoms with Crippen LogP contribution in [0.3, 0.4) is 0 Å². The maximum absolute atomic E-state index is 5.90. The molecule has 0 saturated carbocycles. The second-order valence-corrected chi connectivity index (χ2v) is 5.01. The van der Waals surface area contributed by atoms with Gasteiger partial charge in [0.2, 0.25) is 0 Å². The molecule has 1 aliphatic heterocycles. The molecule has 1 N–H and O–H groups in total. The van der Waals surface area contributed by atoms with E-state index in [9.17, 15) is 0 Å². The first-order valence-electron chi connectivity index (χ1n) is 5.89. The average Bonchev–Trinajstić information content (AvgIpc) is 2.29. The van der Waals surface area contributed by atoms with Gasteiger partial charge < -0.3 is 5.32 Å². The maximum Gasteiger partial charge on any atom is 0.0406 e. The summed E-state index contributed by atoms with van der Waals surface area (Å²) in [4.78, 5) is 2.52. The Morgan fingerprint density at radius 3 is 2.69 bits per heavy atom. The average molecular weight is 239 g/mol. The molecule has 0 amide bonds. The standard InChI is InChI=1S/C13H19ClN2/c1-10-9-16(8-7-15-10)11(2)12-3-5-13(14)6-4-12/h3-6,10-11,15H,7-9H2,1-2H3/t10-,11?/m1/s1. The van der Waals surface area contributed by atoms with Crippen LogP contribution in [0.25, 0.3) is 0 Å². The predicted molar refractivity (Wildman–Crippen MR) is 68.9 cm³/mol. The number of hydrogen-bond donors (Lipinski definition) is 1. The van der Waals surface area contributed by atoms with Gasteiger partial charge in [0, 0.05) is 36.7 Å². The van der Waals surface area contributed by atoms with Crippen molar-refractivity contribution in [2.45, 2.75) is 25.9 Å². The number of halogens is 1. The zero-order valence-electron chi connectivity index (χ0n) is 9.91. The second-order valence-electron chi connectivity index (χ2n) is 4.58. The molecular weight excluding hydrogens is 220 g/mol. The number of benzene rings is 1. The first-order valence-corrected chi connectivity index (χ1v) is 6.27. The van der Waals surface area contributed by atoms with Gasteiger partial charge in [-0.05, 0) is 31.5 Å². The van der Waals surface area contributed by atoms with Gasteiger partial charge in [0.25, 0.3) is 0 Å². The van der Waals surface area contributed by atoms with E-state index >= 15 is 0 Å². The summed E-state index contributed by atoms with van der Waals surface area (Å²) >= 11 is 5.90. The molecule has 88 valence electrons. The van der Waals surface area contributed by atoms with Crippen LogP contribution in [0.5, 0.6) is 0 Å². The molecule has 1 aromatic rings. The number of piperazine rings is 1. The van der Waals surface area contributed by atoms with E-state index in [-0.39, 0.29) is 0 Å². The molecule has 2 rings (SSSR count). The normalized spacial score (nSPS) is 24.3. The Morgan fingerprint density at radius 2 is 2.06 bits per heavy atom. The van der Waals surface area contributed by atoms with Gasteiger partial charge in [0.05, 0.1) is 0 Å². The van der Waals surface area contributed by atoms with Crippen LogP contribution in [-0.4, -0.2) is 30.6 Å². The van der Waals surface area contributed by atoms with Crippen molar-refractivity contribution < 1.29 is 0 Å². The van der Waals surface area contributed by atoms with Crippen molar-refractivity contribution in [3.63, 3.8) is 0 Å². The van der Waals surface area contributed by atoms with Crippen molar-refractivity contribution in [1.82, 2.24) is 10.2 Å². The van der Waals surface area contributed by atoms with Gasteiger partial charge in [-0.2, -0.15) is 0 Å². The third-order valence-electron chi connectivity index (χ3n) is 3.30. The first kappa shape index (κ1) is 11.9. The smallest absolute Gasteiger partial charge is 0.0406 e. The molecule has 0 aliphatic carbocycles. The molecule has 0 bridgehead atoms. The highest BCUT2D eigenvalue weighted by Gasteiger charge is 2.21. The van der Waals surface area contributed by atoms with Gasteiger partial charge in [-0.15, -0.1) is 0 Å². The van der Waals surface area contributed by atoms with Gasteiger partial charge in [-0.1, -0.05) is 23.7 Å². The molecule has 2 nitrogen and oxygen atoms in total. The topological polar surface area (TPSA) is 15.3 Å². The molecule has 2 atom stereocenters. The molecule has 1 heterocycles. The fourth-order valence-corrected chi connectivity index (χ4v) is 2.39. The molecular formula is C13H19ClN2. The Labute approximate surface area is 103 Å². The zero-order chi connectivity index (χ0) is 11.5. The van der Waals surface area contributed by atoms with Crippen LogP contribution in [0.1, 0.15) is 25.5 Å². The number of nitrogens with one attached hydrogen (secondary N) is 1. The Bertz CT molecular complexity index is 336. The van der Waals surface area contributed by atoms with Gasteiger partial charge >= 0.3 is 0 Å². The highest BCUT2D eigenvalue weighted by molar-refractivity contribution is 6.30. The molecule has 0 aromatic heterocycles. The molecule has 1 unspecified atom stereocenters. The summed E-state index contributed by atoms with van der Waals surface area (Å²) in [5.74, 6) is 0. The Balaban J connectivity index is 2.06. The Morgan fingerprint density at radius 1 is 1.38 bits per heavy atom. The minimum atomic E-state index is 0.474. The van der Waals surface area contributed by atoms with Gasteiger partial charge in [0.1, 0.15) is 0 Å². The fraction of sp³-hybridized carbons (Fsp3) is 0.538. The van der Waals surface area contributed by atoms with Gasteiger partial charge in [0.15, 0.2) is 0 Å². The molecule has 1 fully saturated rings. The van der Waals surface area contributed by atoms with Gasteiger partial charge in [-0.3, -0.25) is 4.90 Å². The molecule has 1 aliphatic rings. The quantitative estimate of drug-likeness (QED) is 0.853. The lowest BCUT2D eigenvalue weighted by atomic mass is 10.1. The second kappa shape index (κ2) is 5.17. The summed E-state index contributed by atoms with van der Waals surface area (Å²) in [7, 11) is 0. The number of nitrogens with zero attached hydrogens (tertiary/aromatic N) is 1. The lowest BCUT2D eigenvalue weighted by molar-refractivity contribution is 0.159. The maximum atomic E-state index is 5.90. The molecule has 3 heteroatoms. The summed E-state index contributed by atoms with van der Waals surface area (Å²) in [6.45, 7) is 7.82. The van der Waals surface area contributed by atoms with E-state index in [0.717, 1.165) is 24.7 Å². The van der Waals surface area contributed by atoms with E-state index in [1.165, 1.54) is 5.56 Å². The van der Waals surface area contributed by atoms with Crippen molar-refractivity contribution >= 4 is 11.6 Å². The van der Waals surface area contributed by atoms with E-state index < -0.39 is 0 Å². The van der Waals surface area contributed by atoms with Crippen LogP contribution in [0, 0.1) is 0 Å². The third-order valence-corrected chi connectivity index (χ3v) is 3.55. The van der Waals surface area contributed by atoms with Crippen molar-refractivity contribution in [3.05, 3.63) is 34.9 Å². The lowest BCUT2D eigenvalue weighted by Gasteiger charge is -2.36. The summed E-state index contributed by atoms with van der Waals surface area (Å²) in [5, 5.41) is 4.27. The number of hydrogen-bond acceptors (Lipinski definition) is 2. The van der Waals surface area contributed by atoms with Crippen LogP contribution >= 0.6 is 11.6 Å². The zero-order valence-corrected chi connectivity index (χ0v) is 10.7. The lowest BCUT2D eigenvalue weighted by Crippen LogP contribution is -2.49. The van der Waals surface area contributed by atoms with Crippen LogP contribution in [0.4, 0.5) is 0 Å². The van der Waals surface area contributed by atoms with E-state index in [1.807, 2.05) is 12.1 Å². The van der Waals surface area contributed by atoms with Crippen molar-refractivity contribution in [1.29, 1.82) is 0 Å². The van der Waals surface area contributed by atoms with E-state index in [1.54, 1.807) is 0 Å². The molecule has 1 saturated heterocycles. The van der Waals surface area contributed by atoms with Crippen LogP contribution in [0.2, 0.25) is 5.02 Å². The summed E-state index contributed by atoms with van der Waals surface area (Å²) in [6, 6.07) is 9.25. The SMILES string of the molecule is CC(c1ccc(Cl)cc1)N1CCN[C@H](C)C1. The third kappa shape index (κ3) is 2.76. The largest absolute Gasteiger partial charge is 0.312 e. The van der Waals surface area contributed by atoms with E-state index in [0.29, 0.717) is 12.1 Å². The highest BCUT2D eigenvalue weighted by Crippen LogP contribution is 2.22. The van der Waals surface area contributed by atoms with Crippen LogP contribution in [-0.2, 0) is 0 Å². The molecule has 0 spiro atoms. The first-order chi connectivity index (χ1) is 7.66. The monoisotopic (exact) mass is 238 g/mol. The Kier molecular flexibility index (Phi) is 3.85. The summed E-state index contributed by atoms with van der Waals surface area (Å²) in [5.41, 5.74) is 1.35. The fourth-order valence-electron chi connectivity index (χ4n) is 2.27. The molecule has 1 aromatic carbocycles. The van der Waals surface area contributed by atoms with E-state index in [2.05, 4.69) is 36.2 Å². The highest BCUT2D eigenvalue weighted by atomic mass is 35.5.